The van der Waals surface area contributed by atoms with Crippen LogP contribution >= 0.6 is 0 Å². The number of hydrogen-bond donors (Lipinski definition) is 3. The Bertz CT molecular complexity index is 1540. The number of ether oxygens (including phenoxy) is 1. The smallest absolute Gasteiger partial charge is 0.177 e. The molecule has 4 heterocycles. The molecule has 0 saturated heterocycles. The van der Waals surface area contributed by atoms with Crippen molar-refractivity contribution in [3.8, 4) is 16.9 Å². The number of rotatable bonds is 7. The maximum Gasteiger partial charge on any atom is 0.177 e. The van der Waals surface area contributed by atoms with Crippen LogP contribution in [0, 0.1) is 24.2 Å². The molecule has 1 aliphatic heterocycles. The first-order chi connectivity index (χ1) is 19.8. The highest BCUT2D eigenvalue weighted by Crippen LogP contribution is 2.38. The molecule has 0 bridgehead atoms. The van der Waals surface area contributed by atoms with Gasteiger partial charge in [0.2, 0.25) is 0 Å². The van der Waals surface area contributed by atoms with Crippen LogP contribution in [0.25, 0.3) is 22.3 Å². The second kappa shape index (κ2) is 11.5. The van der Waals surface area contributed by atoms with Gasteiger partial charge in [-0.2, -0.15) is 0 Å². The van der Waals surface area contributed by atoms with Crippen LogP contribution in [0.2, 0.25) is 0 Å². The van der Waals surface area contributed by atoms with Crippen LogP contribution in [0.3, 0.4) is 0 Å². The SMILES string of the molecule is Cc1nc2ncc(-c3ccc4c(c3)CC(C)C(Cc3nc(CNCCO)nc5c3CC(C)(C)CC5)CCO4)cc2[nH]1. The van der Waals surface area contributed by atoms with Crippen molar-refractivity contribution in [3.05, 3.63) is 64.6 Å². The zero-order valence-corrected chi connectivity index (χ0v) is 24.8. The minimum Gasteiger partial charge on any atom is -0.493 e. The Balaban J connectivity index is 1.26. The maximum atomic E-state index is 9.22. The van der Waals surface area contributed by atoms with E-state index in [1.165, 1.54) is 22.5 Å². The van der Waals surface area contributed by atoms with E-state index in [0.29, 0.717) is 31.5 Å². The summed E-state index contributed by atoms with van der Waals surface area (Å²) in [5.74, 6) is 3.64. The highest BCUT2D eigenvalue weighted by molar-refractivity contribution is 5.78. The standard InChI is InChI=1S/C33H42N6O2/c1-20-13-24-14-23(25-16-29-32(35-18-25)37-21(2)36-29)5-6-30(24)41-12-8-22(20)15-28-26-17-33(3,4)9-7-27(26)38-31(39-28)19-34-10-11-40/h5-6,14,16,18,20,22,34,40H,7-13,15,17,19H2,1-4H3,(H,35,36,37). The second-order valence-electron chi connectivity index (χ2n) is 12.8. The monoisotopic (exact) mass is 554 g/mol. The summed E-state index contributed by atoms with van der Waals surface area (Å²) in [6.07, 6.45) is 7.98. The molecule has 0 amide bonds. The van der Waals surface area contributed by atoms with Crippen molar-refractivity contribution in [3.63, 3.8) is 0 Å². The van der Waals surface area contributed by atoms with Crippen LogP contribution < -0.4 is 10.1 Å². The third kappa shape index (κ3) is 6.14. The van der Waals surface area contributed by atoms with Crippen LogP contribution in [-0.2, 0) is 32.2 Å². The summed E-state index contributed by atoms with van der Waals surface area (Å²) in [5, 5.41) is 12.5. The predicted molar refractivity (Wildman–Crippen MR) is 161 cm³/mol. The lowest BCUT2D eigenvalue weighted by molar-refractivity contribution is 0.219. The van der Waals surface area contributed by atoms with E-state index in [-0.39, 0.29) is 12.0 Å². The van der Waals surface area contributed by atoms with E-state index >= 15 is 0 Å². The number of fused-ring (bicyclic) bond motifs is 3. The van der Waals surface area contributed by atoms with E-state index in [2.05, 4.69) is 65.3 Å². The molecule has 8 heteroatoms. The zero-order valence-electron chi connectivity index (χ0n) is 24.8. The van der Waals surface area contributed by atoms with E-state index < -0.39 is 0 Å². The molecular formula is C33H42N6O2. The first-order valence-corrected chi connectivity index (χ1v) is 15.1. The Morgan fingerprint density at radius 3 is 2.88 bits per heavy atom. The summed E-state index contributed by atoms with van der Waals surface area (Å²) in [4.78, 5) is 22.4. The molecule has 1 aromatic carbocycles. The fourth-order valence-electron chi connectivity index (χ4n) is 6.51. The van der Waals surface area contributed by atoms with Gasteiger partial charge in [-0.1, -0.05) is 26.8 Å². The number of aliphatic hydroxyl groups is 1. The average molecular weight is 555 g/mol. The fourth-order valence-corrected chi connectivity index (χ4v) is 6.51. The molecule has 41 heavy (non-hydrogen) atoms. The molecule has 2 aliphatic rings. The van der Waals surface area contributed by atoms with E-state index in [0.717, 1.165) is 78.2 Å². The number of aromatic amines is 1. The van der Waals surface area contributed by atoms with Gasteiger partial charge in [0.15, 0.2) is 5.65 Å². The maximum absolute atomic E-state index is 9.22. The number of imidazole rings is 1. The first-order valence-electron chi connectivity index (χ1n) is 15.1. The van der Waals surface area contributed by atoms with Gasteiger partial charge >= 0.3 is 0 Å². The van der Waals surface area contributed by atoms with Crippen LogP contribution in [0.1, 0.15) is 67.8 Å². The third-order valence-corrected chi connectivity index (χ3v) is 8.89. The van der Waals surface area contributed by atoms with E-state index in [1.807, 2.05) is 13.1 Å². The topological polar surface area (TPSA) is 109 Å². The second-order valence-corrected chi connectivity index (χ2v) is 12.8. The number of benzene rings is 1. The molecule has 3 N–H and O–H groups in total. The summed E-state index contributed by atoms with van der Waals surface area (Å²) in [6.45, 7) is 11.0. The quantitative estimate of drug-likeness (QED) is 0.272. The average Bonchev–Trinajstić information content (AvgIpc) is 3.31. The zero-order chi connectivity index (χ0) is 28.6. The highest BCUT2D eigenvalue weighted by atomic mass is 16.5. The largest absolute Gasteiger partial charge is 0.493 e. The summed E-state index contributed by atoms with van der Waals surface area (Å²) in [6, 6.07) is 8.66. The molecule has 6 rings (SSSR count). The minimum atomic E-state index is 0.114. The molecule has 2 atom stereocenters. The summed E-state index contributed by atoms with van der Waals surface area (Å²) < 4.78 is 6.35. The molecule has 8 nitrogen and oxygen atoms in total. The Morgan fingerprint density at radius 2 is 2.02 bits per heavy atom. The Morgan fingerprint density at radius 1 is 1.15 bits per heavy atom. The minimum absolute atomic E-state index is 0.114. The van der Waals surface area contributed by atoms with Gasteiger partial charge in [-0.15, -0.1) is 0 Å². The fraction of sp³-hybridized carbons (Fsp3) is 0.515. The summed E-state index contributed by atoms with van der Waals surface area (Å²) >= 11 is 0. The lowest BCUT2D eigenvalue weighted by Gasteiger charge is -2.33. The number of hydrogen-bond acceptors (Lipinski definition) is 7. The molecule has 0 spiro atoms. The summed E-state index contributed by atoms with van der Waals surface area (Å²) in [5.41, 5.74) is 9.24. The molecule has 0 fully saturated rings. The molecule has 1 aliphatic carbocycles. The number of nitrogens with one attached hydrogen (secondary N) is 2. The van der Waals surface area contributed by atoms with Gasteiger partial charge in [-0.3, -0.25) is 0 Å². The van der Waals surface area contributed by atoms with Gasteiger partial charge in [-0.05, 0) is 97.6 Å². The van der Waals surface area contributed by atoms with Crippen LogP contribution in [0.5, 0.6) is 5.75 Å². The van der Waals surface area contributed by atoms with Gasteiger partial charge in [-0.25, -0.2) is 19.9 Å². The van der Waals surface area contributed by atoms with Crippen LogP contribution in [-0.4, -0.2) is 49.8 Å². The molecule has 3 aromatic heterocycles. The first kappa shape index (κ1) is 27.8. The number of nitrogens with zero attached hydrogens (tertiary/aromatic N) is 4. The number of aryl methyl sites for hydroxylation is 2. The van der Waals surface area contributed by atoms with Crippen molar-refractivity contribution in [1.29, 1.82) is 0 Å². The van der Waals surface area contributed by atoms with Gasteiger partial charge in [0.1, 0.15) is 17.4 Å². The molecular weight excluding hydrogens is 512 g/mol. The number of H-pyrrole nitrogens is 1. The van der Waals surface area contributed by atoms with Crippen molar-refractivity contribution in [2.45, 2.75) is 72.8 Å². The van der Waals surface area contributed by atoms with Crippen molar-refractivity contribution < 1.29 is 9.84 Å². The molecule has 0 saturated carbocycles. The lowest BCUT2D eigenvalue weighted by Crippen LogP contribution is -2.29. The summed E-state index contributed by atoms with van der Waals surface area (Å²) in [7, 11) is 0. The Kier molecular flexibility index (Phi) is 7.79. The van der Waals surface area contributed by atoms with Gasteiger partial charge in [0, 0.05) is 29.7 Å². The van der Waals surface area contributed by atoms with E-state index in [9.17, 15) is 5.11 Å². The molecule has 4 aromatic rings. The van der Waals surface area contributed by atoms with Crippen molar-refractivity contribution in [2.24, 2.45) is 17.3 Å². The number of aliphatic hydroxyl groups excluding tert-OH is 1. The van der Waals surface area contributed by atoms with Crippen LogP contribution in [0.15, 0.2) is 30.5 Å². The Hall–Kier alpha value is -3.36. The van der Waals surface area contributed by atoms with Gasteiger partial charge in [0.25, 0.3) is 0 Å². The number of aromatic nitrogens is 5. The normalized spacial score (nSPS) is 20.1. The van der Waals surface area contributed by atoms with Crippen LogP contribution in [0.4, 0.5) is 0 Å². The lowest BCUT2D eigenvalue weighted by atomic mass is 9.74. The molecule has 2 unspecified atom stereocenters. The third-order valence-electron chi connectivity index (χ3n) is 8.89. The number of pyridine rings is 1. The van der Waals surface area contributed by atoms with Gasteiger partial charge in [0.05, 0.1) is 25.3 Å². The molecule has 0 radical (unpaired) electrons. The highest BCUT2D eigenvalue weighted by Gasteiger charge is 2.31. The van der Waals surface area contributed by atoms with Crippen molar-refractivity contribution in [2.75, 3.05) is 19.8 Å². The van der Waals surface area contributed by atoms with E-state index in [4.69, 9.17) is 14.7 Å². The van der Waals surface area contributed by atoms with Crippen molar-refractivity contribution >= 4 is 11.2 Å². The van der Waals surface area contributed by atoms with E-state index in [1.54, 1.807) is 0 Å². The van der Waals surface area contributed by atoms with Crippen molar-refractivity contribution in [1.82, 2.24) is 30.2 Å². The predicted octanol–water partition coefficient (Wildman–Crippen LogP) is 5.14. The molecule has 216 valence electrons. The Labute approximate surface area is 242 Å². The van der Waals surface area contributed by atoms with Gasteiger partial charge < -0.3 is 20.1 Å².